The fourth-order valence-electron chi connectivity index (χ4n) is 3.27. The van der Waals surface area contributed by atoms with Gasteiger partial charge >= 0.3 is 0 Å². The number of benzene rings is 2. The van der Waals surface area contributed by atoms with Gasteiger partial charge in [-0.05, 0) is 24.6 Å². The maximum Gasteiger partial charge on any atom is 0.270 e. The fourth-order valence-corrected chi connectivity index (χ4v) is 4.17. The van der Waals surface area contributed by atoms with Crippen molar-refractivity contribution in [3.8, 4) is 0 Å². The Hall–Kier alpha value is -3.33. The van der Waals surface area contributed by atoms with Crippen molar-refractivity contribution in [1.29, 1.82) is 0 Å². The predicted molar refractivity (Wildman–Crippen MR) is 107 cm³/mol. The Morgan fingerprint density at radius 3 is 2.86 bits per heavy atom. The monoisotopic (exact) mass is 396 g/mol. The third-order valence-electron chi connectivity index (χ3n) is 4.72. The molecule has 0 saturated carbocycles. The lowest BCUT2D eigenvalue weighted by atomic mass is 10.1. The summed E-state index contributed by atoms with van der Waals surface area (Å²) in [6, 6.07) is 11.9. The van der Waals surface area contributed by atoms with Gasteiger partial charge in [0.15, 0.2) is 5.13 Å². The molecule has 1 aliphatic rings. The zero-order valence-corrected chi connectivity index (χ0v) is 15.7. The van der Waals surface area contributed by atoms with Crippen LogP contribution < -0.4 is 10.2 Å². The number of nitrogens with zero attached hydrogens (tertiary/aromatic N) is 3. The highest BCUT2D eigenvalue weighted by molar-refractivity contribution is 7.22. The van der Waals surface area contributed by atoms with E-state index in [4.69, 9.17) is 0 Å². The number of nitrogens with one attached hydrogen (secondary N) is 1. The largest absolute Gasteiger partial charge is 0.311 e. The number of aromatic nitrogens is 1. The summed E-state index contributed by atoms with van der Waals surface area (Å²) in [4.78, 5) is 41.4. The molecule has 9 heteroatoms. The van der Waals surface area contributed by atoms with E-state index in [1.165, 1.54) is 23.5 Å². The molecule has 1 aromatic heterocycles. The van der Waals surface area contributed by atoms with Crippen molar-refractivity contribution >= 4 is 49.9 Å². The van der Waals surface area contributed by atoms with Crippen LogP contribution in [0.3, 0.4) is 0 Å². The first-order valence-electron chi connectivity index (χ1n) is 8.64. The summed E-state index contributed by atoms with van der Waals surface area (Å²) in [5.41, 5.74) is 2.35. The summed E-state index contributed by atoms with van der Waals surface area (Å²) in [5, 5.41) is 14.0. The maximum atomic E-state index is 12.6. The number of non-ortho nitro benzene ring substituents is 1. The van der Waals surface area contributed by atoms with E-state index in [0.29, 0.717) is 21.9 Å². The van der Waals surface area contributed by atoms with Gasteiger partial charge in [-0.25, -0.2) is 4.98 Å². The number of anilines is 2. The molecule has 1 aliphatic heterocycles. The second kappa shape index (κ2) is 7.01. The fraction of sp³-hybridized carbons (Fsp3) is 0.211. The van der Waals surface area contributed by atoms with E-state index < -0.39 is 10.8 Å². The van der Waals surface area contributed by atoms with Gasteiger partial charge in [-0.3, -0.25) is 19.7 Å². The Kier molecular flexibility index (Phi) is 4.52. The van der Waals surface area contributed by atoms with Crippen molar-refractivity contribution in [3.63, 3.8) is 0 Å². The first-order valence-corrected chi connectivity index (χ1v) is 9.46. The molecule has 2 aromatic carbocycles. The van der Waals surface area contributed by atoms with Crippen LogP contribution in [0.25, 0.3) is 10.2 Å². The quantitative estimate of drug-likeness (QED) is 0.537. The average molecular weight is 396 g/mol. The van der Waals surface area contributed by atoms with E-state index in [1.807, 2.05) is 31.2 Å². The molecule has 142 valence electrons. The third-order valence-corrected chi connectivity index (χ3v) is 5.65. The molecule has 1 unspecified atom stereocenters. The Morgan fingerprint density at radius 2 is 2.11 bits per heavy atom. The Labute approximate surface area is 163 Å². The van der Waals surface area contributed by atoms with Gasteiger partial charge in [0.2, 0.25) is 11.8 Å². The number of nitro groups is 1. The number of amides is 2. The van der Waals surface area contributed by atoms with Gasteiger partial charge in [0.1, 0.15) is 0 Å². The van der Waals surface area contributed by atoms with Crippen molar-refractivity contribution in [2.75, 3.05) is 16.8 Å². The molecule has 0 radical (unpaired) electrons. The second-order valence-electron chi connectivity index (χ2n) is 6.61. The maximum absolute atomic E-state index is 12.6. The van der Waals surface area contributed by atoms with Crippen LogP contribution in [0.1, 0.15) is 12.0 Å². The number of aryl methyl sites for hydroxylation is 1. The molecule has 2 amide bonds. The molecule has 1 fully saturated rings. The zero-order valence-electron chi connectivity index (χ0n) is 14.9. The van der Waals surface area contributed by atoms with E-state index in [9.17, 15) is 19.7 Å². The number of hydrogen-bond acceptors (Lipinski definition) is 6. The SMILES string of the molecule is Cc1ccccc1N1CC(C(=O)Nc2nc3ccc([N+](=O)[O-])cc3s2)CC1=O. The number of para-hydroxylation sites is 1. The standard InChI is InChI=1S/C19H16N4O4S/c1-11-4-2-3-5-15(11)22-10-12(8-17(22)24)18(25)21-19-20-14-7-6-13(23(26)27)9-16(14)28-19/h2-7,9,12H,8,10H2,1H3,(H,20,21,25). The van der Waals surface area contributed by atoms with Crippen LogP contribution in [0, 0.1) is 23.0 Å². The minimum Gasteiger partial charge on any atom is -0.311 e. The summed E-state index contributed by atoms with van der Waals surface area (Å²) >= 11 is 1.17. The number of nitro benzene ring substituents is 1. The number of carbonyl (C=O) groups is 2. The zero-order chi connectivity index (χ0) is 19.8. The number of carbonyl (C=O) groups excluding carboxylic acids is 2. The van der Waals surface area contributed by atoms with Crippen LogP contribution in [0.4, 0.5) is 16.5 Å². The van der Waals surface area contributed by atoms with E-state index in [1.54, 1.807) is 11.0 Å². The lowest BCUT2D eigenvalue weighted by Crippen LogP contribution is -2.28. The highest BCUT2D eigenvalue weighted by Crippen LogP contribution is 2.31. The van der Waals surface area contributed by atoms with E-state index in [0.717, 1.165) is 11.3 Å². The van der Waals surface area contributed by atoms with E-state index >= 15 is 0 Å². The van der Waals surface area contributed by atoms with Crippen LogP contribution in [0.2, 0.25) is 0 Å². The van der Waals surface area contributed by atoms with E-state index in [2.05, 4.69) is 10.3 Å². The molecule has 8 nitrogen and oxygen atoms in total. The van der Waals surface area contributed by atoms with Gasteiger partial charge in [0.25, 0.3) is 5.69 Å². The van der Waals surface area contributed by atoms with Gasteiger partial charge in [0, 0.05) is 30.8 Å². The smallest absolute Gasteiger partial charge is 0.270 e. The van der Waals surface area contributed by atoms with Gasteiger partial charge in [-0.2, -0.15) is 0 Å². The molecule has 28 heavy (non-hydrogen) atoms. The third kappa shape index (κ3) is 3.31. The van der Waals surface area contributed by atoms with Crippen molar-refractivity contribution in [2.45, 2.75) is 13.3 Å². The van der Waals surface area contributed by atoms with Gasteiger partial charge in [-0.1, -0.05) is 29.5 Å². The van der Waals surface area contributed by atoms with Crippen molar-refractivity contribution in [3.05, 3.63) is 58.1 Å². The van der Waals surface area contributed by atoms with Crippen LogP contribution >= 0.6 is 11.3 Å². The lowest BCUT2D eigenvalue weighted by Gasteiger charge is -2.18. The van der Waals surface area contributed by atoms with Crippen LogP contribution in [-0.4, -0.2) is 28.3 Å². The molecule has 0 spiro atoms. The average Bonchev–Trinajstić information content (AvgIpc) is 3.24. The highest BCUT2D eigenvalue weighted by Gasteiger charge is 2.35. The first kappa shape index (κ1) is 18.1. The first-order chi connectivity index (χ1) is 13.4. The number of thiazole rings is 1. The normalized spacial score (nSPS) is 16.5. The molecule has 0 aliphatic carbocycles. The van der Waals surface area contributed by atoms with Gasteiger partial charge < -0.3 is 10.2 Å². The summed E-state index contributed by atoms with van der Waals surface area (Å²) < 4.78 is 0.619. The molecule has 3 aromatic rings. The minimum absolute atomic E-state index is 0.0238. The molecule has 1 saturated heterocycles. The Morgan fingerprint density at radius 1 is 1.32 bits per heavy atom. The van der Waals surface area contributed by atoms with Crippen LogP contribution in [0.5, 0.6) is 0 Å². The van der Waals surface area contributed by atoms with Gasteiger partial charge in [-0.15, -0.1) is 0 Å². The van der Waals surface area contributed by atoms with Crippen LogP contribution in [0.15, 0.2) is 42.5 Å². The number of rotatable bonds is 4. The minimum atomic E-state index is -0.478. The highest BCUT2D eigenvalue weighted by atomic mass is 32.1. The molecule has 2 heterocycles. The molecule has 4 rings (SSSR count). The molecule has 1 N–H and O–H groups in total. The molecule has 0 bridgehead atoms. The van der Waals surface area contributed by atoms with Crippen molar-refractivity contribution < 1.29 is 14.5 Å². The van der Waals surface area contributed by atoms with Crippen molar-refractivity contribution in [1.82, 2.24) is 4.98 Å². The number of hydrogen-bond donors (Lipinski definition) is 1. The Bertz CT molecular complexity index is 1110. The molecular formula is C19H16N4O4S. The summed E-state index contributed by atoms with van der Waals surface area (Å²) in [5.74, 6) is -0.846. The summed E-state index contributed by atoms with van der Waals surface area (Å²) in [6.07, 6.45) is 0.135. The van der Waals surface area contributed by atoms with Crippen molar-refractivity contribution in [2.24, 2.45) is 5.92 Å². The predicted octanol–water partition coefficient (Wildman–Crippen LogP) is 3.50. The Balaban J connectivity index is 1.50. The van der Waals surface area contributed by atoms with E-state index in [-0.39, 0.29) is 23.9 Å². The summed E-state index contributed by atoms with van der Waals surface area (Å²) in [7, 11) is 0. The summed E-state index contributed by atoms with van der Waals surface area (Å²) in [6.45, 7) is 2.24. The van der Waals surface area contributed by atoms with Gasteiger partial charge in [0.05, 0.1) is 21.1 Å². The molecule has 1 atom stereocenters. The topological polar surface area (TPSA) is 105 Å². The lowest BCUT2D eigenvalue weighted by molar-refractivity contribution is -0.384. The number of fused-ring (bicyclic) bond motifs is 1. The second-order valence-corrected chi connectivity index (χ2v) is 7.64. The molecular weight excluding hydrogens is 380 g/mol. The van der Waals surface area contributed by atoms with Crippen LogP contribution in [-0.2, 0) is 9.59 Å².